The van der Waals surface area contributed by atoms with E-state index in [4.69, 9.17) is 0 Å². The molecular formula is C23H28. The average Bonchev–Trinajstić information content (AvgIpc) is 2.61. The highest BCUT2D eigenvalue weighted by Gasteiger charge is 2.12. The van der Waals surface area contributed by atoms with Gasteiger partial charge in [-0.05, 0) is 49.2 Å². The van der Waals surface area contributed by atoms with Crippen LogP contribution in [0, 0.1) is 11.8 Å². The van der Waals surface area contributed by atoms with Crippen molar-refractivity contribution in [2.45, 2.75) is 33.1 Å². The Kier molecular flexibility index (Phi) is 6.87. The van der Waals surface area contributed by atoms with Crippen molar-refractivity contribution < 1.29 is 0 Å². The maximum Gasteiger partial charge on any atom is -0.00512 e. The highest BCUT2D eigenvalue weighted by atomic mass is 14.2. The molecule has 0 aromatic heterocycles. The maximum atomic E-state index is 4.28. The first kappa shape index (κ1) is 17.3. The van der Waals surface area contributed by atoms with Gasteiger partial charge in [-0.1, -0.05) is 91.9 Å². The van der Waals surface area contributed by atoms with E-state index in [0.717, 1.165) is 12.8 Å². The monoisotopic (exact) mass is 304 g/mol. The third-order valence-corrected chi connectivity index (χ3v) is 4.44. The summed E-state index contributed by atoms with van der Waals surface area (Å²) in [4.78, 5) is 0. The maximum absolute atomic E-state index is 4.28. The minimum atomic E-state index is 0.447. The van der Waals surface area contributed by atoms with Crippen molar-refractivity contribution >= 4 is 5.57 Å². The predicted octanol–water partition coefficient (Wildman–Crippen LogP) is 6.75. The highest BCUT2D eigenvalue weighted by Crippen LogP contribution is 2.29. The van der Waals surface area contributed by atoms with Gasteiger partial charge in [-0.15, -0.1) is 0 Å². The summed E-state index contributed by atoms with van der Waals surface area (Å²) in [5, 5.41) is 0. The molecular weight excluding hydrogens is 276 g/mol. The smallest absolute Gasteiger partial charge is 0.00512 e. The van der Waals surface area contributed by atoms with E-state index in [1.807, 2.05) is 6.92 Å². The van der Waals surface area contributed by atoms with Gasteiger partial charge in [0, 0.05) is 0 Å². The van der Waals surface area contributed by atoms with E-state index in [1.165, 1.54) is 23.1 Å². The van der Waals surface area contributed by atoms with Crippen molar-refractivity contribution in [1.29, 1.82) is 0 Å². The SMILES string of the molecule is C=C(CCC1C=C(c2ccccc2)C=CC1)C(C)/C=C\C=C/C. The normalized spacial score (nSPS) is 19.2. The minimum Gasteiger partial charge on any atom is -0.0993 e. The molecule has 2 atom stereocenters. The number of hydrogen-bond acceptors (Lipinski definition) is 0. The third-order valence-electron chi connectivity index (χ3n) is 4.44. The Labute approximate surface area is 141 Å². The lowest BCUT2D eigenvalue weighted by Gasteiger charge is -2.19. The van der Waals surface area contributed by atoms with E-state index in [2.05, 4.69) is 86.4 Å². The quantitative estimate of drug-likeness (QED) is 0.386. The molecule has 2 rings (SSSR count). The molecule has 0 heterocycles. The first-order chi connectivity index (χ1) is 11.2. The van der Waals surface area contributed by atoms with Crippen LogP contribution in [0.25, 0.3) is 5.57 Å². The molecule has 0 fully saturated rings. The second-order valence-electron chi connectivity index (χ2n) is 6.28. The Morgan fingerprint density at radius 3 is 2.78 bits per heavy atom. The van der Waals surface area contributed by atoms with Crippen LogP contribution >= 0.6 is 0 Å². The predicted molar refractivity (Wildman–Crippen MR) is 103 cm³/mol. The van der Waals surface area contributed by atoms with Crippen LogP contribution < -0.4 is 0 Å². The Bertz CT molecular complexity index is 611. The lowest BCUT2D eigenvalue weighted by Crippen LogP contribution is -2.03. The van der Waals surface area contributed by atoms with Crippen LogP contribution in [0.5, 0.6) is 0 Å². The fourth-order valence-corrected chi connectivity index (χ4v) is 2.85. The molecule has 0 N–H and O–H groups in total. The molecule has 1 aliphatic carbocycles. The third kappa shape index (κ3) is 5.56. The highest BCUT2D eigenvalue weighted by molar-refractivity contribution is 5.74. The molecule has 0 radical (unpaired) electrons. The Morgan fingerprint density at radius 1 is 1.26 bits per heavy atom. The molecule has 0 aliphatic heterocycles. The molecule has 0 nitrogen and oxygen atoms in total. The molecule has 0 bridgehead atoms. The van der Waals surface area contributed by atoms with Gasteiger partial charge in [0.15, 0.2) is 0 Å². The summed E-state index contributed by atoms with van der Waals surface area (Å²) >= 11 is 0. The number of benzene rings is 1. The van der Waals surface area contributed by atoms with Crippen LogP contribution in [0.2, 0.25) is 0 Å². The van der Waals surface area contributed by atoms with E-state index in [-0.39, 0.29) is 0 Å². The molecule has 120 valence electrons. The molecule has 0 spiro atoms. The molecule has 0 heteroatoms. The number of hydrogen-bond donors (Lipinski definition) is 0. The van der Waals surface area contributed by atoms with Gasteiger partial charge in [-0.3, -0.25) is 0 Å². The molecule has 1 aromatic carbocycles. The van der Waals surface area contributed by atoms with Gasteiger partial charge >= 0.3 is 0 Å². The van der Waals surface area contributed by atoms with Crippen molar-refractivity contribution in [3.8, 4) is 0 Å². The van der Waals surface area contributed by atoms with E-state index in [9.17, 15) is 0 Å². The van der Waals surface area contributed by atoms with Crippen LogP contribution in [0.3, 0.4) is 0 Å². The topological polar surface area (TPSA) is 0 Å². The van der Waals surface area contributed by atoms with Crippen molar-refractivity contribution in [2.24, 2.45) is 11.8 Å². The second-order valence-corrected chi connectivity index (χ2v) is 6.28. The fraction of sp³-hybridized carbons (Fsp3) is 0.304. The molecule has 1 aliphatic rings. The Balaban J connectivity index is 1.90. The summed E-state index contributed by atoms with van der Waals surface area (Å²) in [6, 6.07) is 10.7. The van der Waals surface area contributed by atoms with Crippen molar-refractivity contribution in [3.05, 3.63) is 90.6 Å². The number of allylic oxidation sites excluding steroid dienone is 9. The van der Waals surface area contributed by atoms with Crippen LogP contribution in [0.15, 0.2) is 85.0 Å². The van der Waals surface area contributed by atoms with Gasteiger partial charge in [0.1, 0.15) is 0 Å². The second kappa shape index (κ2) is 9.15. The summed E-state index contributed by atoms with van der Waals surface area (Å²) in [6.07, 6.45) is 18.9. The molecule has 1 aromatic rings. The van der Waals surface area contributed by atoms with Gasteiger partial charge in [0.05, 0.1) is 0 Å². The van der Waals surface area contributed by atoms with Gasteiger partial charge in [0.2, 0.25) is 0 Å². The lowest BCUT2D eigenvalue weighted by molar-refractivity contribution is 0.578. The number of rotatable bonds is 7. The molecule has 23 heavy (non-hydrogen) atoms. The summed E-state index contributed by atoms with van der Waals surface area (Å²) in [7, 11) is 0. The summed E-state index contributed by atoms with van der Waals surface area (Å²) in [5.41, 5.74) is 4.00. The van der Waals surface area contributed by atoms with E-state index in [1.54, 1.807) is 0 Å². The van der Waals surface area contributed by atoms with E-state index in [0.29, 0.717) is 11.8 Å². The molecule has 0 amide bonds. The van der Waals surface area contributed by atoms with Crippen LogP contribution in [-0.2, 0) is 0 Å². The fourth-order valence-electron chi connectivity index (χ4n) is 2.85. The summed E-state index contributed by atoms with van der Waals surface area (Å²) in [5.74, 6) is 1.07. The zero-order valence-electron chi connectivity index (χ0n) is 14.4. The summed E-state index contributed by atoms with van der Waals surface area (Å²) < 4.78 is 0. The van der Waals surface area contributed by atoms with Gasteiger partial charge in [-0.2, -0.15) is 0 Å². The first-order valence-corrected chi connectivity index (χ1v) is 8.61. The molecule has 0 saturated carbocycles. The molecule has 2 unspecified atom stereocenters. The largest absolute Gasteiger partial charge is 0.0993 e. The average molecular weight is 304 g/mol. The standard InChI is InChI=1S/C23H28/c1-4-5-7-11-19(2)20(3)16-17-21-12-10-15-23(18-21)22-13-8-6-9-14-22/h4-11,13-15,18-19,21H,3,12,16-17H2,1-2H3/b5-4-,11-7-. The van der Waals surface area contributed by atoms with E-state index >= 15 is 0 Å². The van der Waals surface area contributed by atoms with Crippen molar-refractivity contribution in [2.75, 3.05) is 0 Å². The van der Waals surface area contributed by atoms with Crippen molar-refractivity contribution in [1.82, 2.24) is 0 Å². The lowest BCUT2D eigenvalue weighted by atomic mass is 9.87. The Morgan fingerprint density at radius 2 is 2.04 bits per heavy atom. The zero-order chi connectivity index (χ0) is 16.5. The Hall–Kier alpha value is -2.08. The minimum absolute atomic E-state index is 0.447. The molecule has 0 saturated heterocycles. The summed E-state index contributed by atoms with van der Waals surface area (Å²) in [6.45, 7) is 8.55. The van der Waals surface area contributed by atoms with Crippen molar-refractivity contribution in [3.63, 3.8) is 0 Å². The van der Waals surface area contributed by atoms with Crippen LogP contribution in [0.4, 0.5) is 0 Å². The van der Waals surface area contributed by atoms with Gasteiger partial charge in [0.25, 0.3) is 0 Å². The van der Waals surface area contributed by atoms with Crippen LogP contribution in [-0.4, -0.2) is 0 Å². The van der Waals surface area contributed by atoms with Gasteiger partial charge < -0.3 is 0 Å². The van der Waals surface area contributed by atoms with Gasteiger partial charge in [-0.25, -0.2) is 0 Å². The van der Waals surface area contributed by atoms with E-state index < -0.39 is 0 Å². The van der Waals surface area contributed by atoms with Crippen LogP contribution in [0.1, 0.15) is 38.7 Å². The first-order valence-electron chi connectivity index (χ1n) is 8.61. The zero-order valence-corrected chi connectivity index (χ0v) is 14.4.